The summed E-state index contributed by atoms with van der Waals surface area (Å²) in [7, 11) is 1.62. The normalized spacial score (nSPS) is 18.2. The van der Waals surface area contributed by atoms with Crippen LogP contribution < -0.4 is 15.0 Å². The number of amides is 1. The van der Waals surface area contributed by atoms with E-state index in [4.69, 9.17) is 14.2 Å². The summed E-state index contributed by atoms with van der Waals surface area (Å²) >= 11 is 0. The van der Waals surface area contributed by atoms with Gasteiger partial charge in [0, 0.05) is 44.9 Å². The van der Waals surface area contributed by atoms with E-state index in [2.05, 4.69) is 20.2 Å². The summed E-state index contributed by atoms with van der Waals surface area (Å²) in [6, 6.07) is 7.56. The van der Waals surface area contributed by atoms with Crippen LogP contribution in [-0.2, 0) is 16.0 Å². The van der Waals surface area contributed by atoms with Crippen molar-refractivity contribution in [3.8, 4) is 5.75 Å². The summed E-state index contributed by atoms with van der Waals surface area (Å²) < 4.78 is 16.6. The molecule has 0 saturated carbocycles. The minimum Gasteiger partial charge on any atom is -0.497 e. The second-order valence-electron chi connectivity index (χ2n) is 6.90. The summed E-state index contributed by atoms with van der Waals surface area (Å²) in [6.07, 6.45) is 4.72. The Morgan fingerprint density at radius 2 is 1.79 bits per heavy atom. The molecule has 0 unspecified atom stereocenters. The molecule has 0 aliphatic carbocycles. The summed E-state index contributed by atoms with van der Waals surface area (Å²) in [5, 5.41) is 2.88. The second kappa shape index (κ2) is 8.12. The lowest BCUT2D eigenvalue weighted by Crippen LogP contribution is -2.45. The van der Waals surface area contributed by atoms with Crippen LogP contribution in [0.1, 0.15) is 28.8 Å². The topological polar surface area (TPSA) is 85.8 Å². The van der Waals surface area contributed by atoms with E-state index < -0.39 is 5.79 Å². The predicted molar refractivity (Wildman–Crippen MR) is 102 cm³/mol. The first-order chi connectivity index (χ1) is 13.7. The van der Waals surface area contributed by atoms with E-state index in [1.807, 2.05) is 24.3 Å². The number of nitrogens with zero attached hydrogens (tertiary/aromatic N) is 3. The number of nitrogens with one attached hydrogen (secondary N) is 1. The zero-order valence-electron chi connectivity index (χ0n) is 15.9. The van der Waals surface area contributed by atoms with Gasteiger partial charge in [0.05, 0.1) is 25.9 Å². The molecule has 148 valence electrons. The highest BCUT2D eigenvalue weighted by Gasteiger charge is 2.40. The number of carbonyl (C=O) groups excluding carboxylic acids is 1. The Kier molecular flexibility index (Phi) is 5.40. The molecule has 1 amide bonds. The van der Waals surface area contributed by atoms with Gasteiger partial charge < -0.3 is 24.4 Å². The maximum atomic E-state index is 12.3. The van der Waals surface area contributed by atoms with Crippen LogP contribution in [0.15, 0.2) is 36.7 Å². The molecule has 2 aromatic rings. The SMILES string of the molecule is COc1ccc(CNC(=O)c2cnc(N3CCC4(CC3)OCCO4)nc2)cc1. The Hall–Kier alpha value is -2.71. The van der Waals surface area contributed by atoms with Crippen LogP contribution in [0.3, 0.4) is 0 Å². The van der Waals surface area contributed by atoms with Crippen molar-refractivity contribution in [1.29, 1.82) is 0 Å². The number of carbonyl (C=O) groups is 1. The van der Waals surface area contributed by atoms with Crippen molar-refractivity contribution >= 4 is 11.9 Å². The van der Waals surface area contributed by atoms with E-state index in [1.165, 1.54) is 0 Å². The van der Waals surface area contributed by atoms with Crippen LogP contribution in [0.2, 0.25) is 0 Å². The third-order valence-electron chi connectivity index (χ3n) is 5.13. The Bertz CT molecular complexity index is 794. The molecule has 3 heterocycles. The van der Waals surface area contributed by atoms with Gasteiger partial charge in [-0.25, -0.2) is 9.97 Å². The average molecular weight is 384 g/mol. The number of hydrogen-bond acceptors (Lipinski definition) is 7. The Morgan fingerprint density at radius 1 is 1.14 bits per heavy atom. The number of rotatable bonds is 5. The van der Waals surface area contributed by atoms with Crippen molar-refractivity contribution < 1.29 is 19.0 Å². The highest BCUT2D eigenvalue weighted by molar-refractivity contribution is 5.93. The van der Waals surface area contributed by atoms with Crippen molar-refractivity contribution in [2.75, 3.05) is 38.3 Å². The molecule has 1 aromatic carbocycles. The molecule has 2 saturated heterocycles. The lowest BCUT2D eigenvalue weighted by Gasteiger charge is -2.37. The molecule has 1 aromatic heterocycles. The molecular weight excluding hydrogens is 360 g/mol. The van der Waals surface area contributed by atoms with Gasteiger partial charge in [-0.15, -0.1) is 0 Å². The summed E-state index contributed by atoms with van der Waals surface area (Å²) in [4.78, 5) is 23.2. The Labute approximate surface area is 163 Å². The Morgan fingerprint density at radius 3 is 2.39 bits per heavy atom. The van der Waals surface area contributed by atoms with Crippen molar-refractivity contribution in [2.24, 2.45) is 0 Å². The lowest BCUT2D eigenvalue weighted by molar-refractivity contribution is -0.169. The van der Waals surface area contributed by atoms with Gasteiger partial charge in [-0.1, -0.05) is 12.1 Å². The van der Waals surface area contributed by atoms with Gasteiger partial charge in [0.15, 0.2) is 5.79 Å². The van der Waals surface area contributed by atoms with Gasteiger partial charge in [-0.05, 0) is 17.7 Å². The standard InChI is InChI=1S/C20H24N4O4/c1-26-17-4-2-15(3-5-17)12-21-18(25)16-13-22-19(23-14-16)24-8-6-20(7-9-24)27-10-11-28-20/h2-5,13-14H,6-12H2,1H3,(H,21,25). The van der Waals surface area contributed by atoms with Gasteiger partial charge in [0.2, 0.25) is 5.95 Å². The van der Waals surface area contributed by atoms with Crippen LogP contribution in [0.5, 0.6) is 5.75 Å². The molecule has 1 spiro atoms. The predicted octanol–water partition coefficient (Wildman–Crippen LogP) is 1.76. The maximum absolute atomic E-state index is 12.3. The molecule has 0 bridgehead atoms. The molecule has 0 radical (unpaired) electrons. The summed E-state index contributed by atoms with van der Waals surface area (Å²) in [6.45, 7) is 3.29. The molecule has 2 aliphatic heterocycles. The van der Waals surface area contributed by atoms with Gasteiger partial charge in [-0.2, -0.15) is 0 Å². The smallest absolute Gasteiger partial charge is 0.254 e. The molecule has 28 heavy (non-hydrogen) atoms. The molecule has 1 N–H and O–H groups in total. The summed E-state index contributed by atoms with van der Waals surface area (Å²) in [5.41, 5.74) is 1.43. The second-order valence-corrected chi connectivity index (χ2v) is 6.90. The fourth-order valence-electron chi connectivity index (χ4n) is 3.46. The molecule has 4 rings (SSSR count). The molecule has 2 fully saturated rings. The first-order valence-corrected chi connectivity index (χ1v) is 9.43. The minimum atomic E-state index is -0.419. The average Bonchev–Trinajstić information content (AvgIpc) is 3.21. The maximum Gasteiger partial charge on any atom is 0.254 e. The van der Waals surface area contributed by atoms with Crippen LogP contribution >= 0.6 is 0 Å². The fraction of sp³-hybridized carbons (Fsp3) is 0.450. The van der Waals surface area contributed by atoms with Crippen molar-refractivity contribution in [1.82, 2.24) is 15.3 Å². The highest BCUT2D eigenvalue weighted by Crippen LogP contribution is 2.32. The van der Waals surface area contributed by atoms with Gasteiger partial charge >= 0.3 is 0 Å². The Balaban J connectivity index is 1.30. The third-order valence-corrected chi connectivity index (χ3v) is 5.13. The van der Waals surface area contributed by atoms with E-state index in [9.17, 15) is 4.79 Å². The molecule has 2 aliphatic rings. The van der Waals surface area contributed by atoms with E-state index in [0.717, 1.165) is 37.2 Å². The molecule has 0 atom stereocenters. The number of piperidine rings is 1. The number of hydrogen-bond donors (Lipinski definition) is 1. The highest BCUT2D eigenvalue weighted by atomic mass is 16.7. The van der Waals surface area contributed by atoms with E-state index in [-0.39, 0.29) is 5.91 Å². The zero-order chi connectivity index (χ0) is 19.4. The first kappa shape index (κ1) is 18.6. The van der Waals surface area contributed by atoms with E-state index in [0.29, 0.717) is 31.3 Å². The number of benzene rings is 1. The van der Waals surface area contributed by atoms with Crippen molar-refractivity contribution in [3.05, 3.63) is 47.8 Å². The zero-order valence-corrected chi connectivity index (χ0v) is 15.9. The minimum absolute atomic E-state index is 0.201. The van der Waals surface area contributed by atoms with Crippen LogP contribution in [0.25, 0.3) is 0 Å². The van der Waals surface area contributed by atoms with E-state index in [1.54, 1.807) is 19.5 Å². The lowest BCUT2D eigenvalue weighted by atomic mass is 10.0. The molecule has 8 heteroatoms. The summed E-state index contributed by atoms with van der Waals surface area (Å²) in [5.74, 6) is 0.790. The monoisotopic (exact) mass is 384 g/mol. The van der Waals surface area contributed by atoms with E-state index >= 15 is 0 Å². The fourth-order valence-corrected chi connectivity index (χ4v) is 3.46. The van der Waals surface area contributed by atoms with Gasteiger partial charge in [-0.3, -0.25) is 4.79 Å². The number of aromatic nitrogens is 2. The van der Waals surface area contributed by atoms with Crippen molar-refractivity contribution in [3.63, 3.8) is 0 Å². The van der Waals surface area contributed by atoms with Gasteiger partial charge in [0.1, 0.15) is 5.75 Å². The number of methoxy groups -OCH3 is 1. The quantitative estimate of drug-likeness (QED) is 0.841. The third kappa shape index (κ3) is 4.07. The van der Waals surface area contributed by atoms with Gasteiger partial charge in [0.25, 0.3) is 5.91 Å². The van der Waals surface area contributed by atoms with Crippen molar-refractivity contribution in [2.45, 2.75) is 25.2 Å². The first-order valence-electron chi connectivity index (χ1n) is 9.43. The van der Waals surface area contributed by atoms with Crippen LogP contribution in [0, 0.1) is 0 Å². The largest absolute Gasteiger partial charge is 0.497 e. The molecular formula is C20H24N4O4. The van der Waals surface area contributed by atoms with Crippen LogP contribution in [-0.4, -0.2) is 55.1 Å². The van der Waals surface area contributed by atoms with Crippen LogP contribution in [0.4, 0.5) is 5.95 Å². The molecule has 8 nitrogen and oxygen atoms in total. The number of ether oxygens (including phenoxy) is 3. The number of anilines is 1.